The van der Waals surface area contributed by atoms with Crippen LogP contribution in [-0.2, 0) is 16.6 Å². The average Bonchev–Trinajstić information content (AvgIpc) is 2.52. The van der Waals surface area contributed by atoms with E-state index in [4.69, 9.17) is 21.1 Å². The minimum atomic E-state index is -3.53. The molecule has 0 unspecified atom stereocenters. The maximum absolute atomic E-state index is 12.3. The van der Waals surface area contributed by atoms with Gasteiger partial charge in [-0.3, -0.25) is 4.31 Å². The molecule has 0 heterocycles. The molecule has 0 aliphatic heterocycles. The van der Waals surface area contributed by atoms with Gasteiger partial charge in [0, 0.05) is 11.1 Å². The summed E-state index contributed by atoms with van der Waals surface area (Å²) in [5.74, 6) is 0.985. The van der Waals surface area contributed by atoms with Crippen molar-refractivity contribution in [2.75, 3.05) is 24.8 Å². The zero-order chi connectivity index (χ0) is 17.0. The SMILES string of the molecule is COc1ccc(N(Cc2ccccc2Cl)S(C)(=O)=O)c(OC)c1. The van der Waals surface area contributed by atoms with Gasteiger partial charge in [-0.15, -0.1) is 0 Å². The molecule has 0 saturated heterocycles. The molecule has 0 aliphatic carbocycles. The molecule has 2 aromatic carbocycles. The molecule has 0 amide bonds. The molecule has 2 rings (SSSR count). The van der Waals surface area contributed by atoms with Gasteiger partial charge in [0.2, 0.25) is 10.0 Å². The van der Waals surface area contributed by atoms with Crippen molar-refractivity contribution in [1.82, 2.24) is 0 Å². The van der Waals surface area contributed by atoms with Crippen molar-refractivity contribution in [3.8, 4) is 11.5 Å². The van der Waals surface area contributed by atoms with Gasteiger partial charge in [-0.1, -0.05) is 29.8 Å². The van der Waals surface area contributed by atoms with E-state index in [-0.39, 0.29) is 6.54 Å². The van der Waals surface area contributed by atoms with Crippen LogP contribution in [0.5, 0.6) is 11.5 Å². The summed E-state index contributed by atoms with van der Waals surface area (Å²) in [5.41, 5.74) is 1.13. The minimum Gasteiger partial charge on any atom is -0.497 e. The molecular weight excluding hydrogens is 338 g/mol. The zero-order valence-electron chi connectivity index (χ0n) is 13.1. The van der Waals surface area contributed by atoms with Gasteiger partial charge in [0.25, 0.3) is 0 Å². The van der Waals surface area contributed by atoms with Crippen LogP contribution in [0.15, 0.2) is 42.5 Å². The second kappa shape index (κ2) is 7.10. The van der Waals surface area contributed by atoms with Gasteiger partial charge in [0.05, 0.1) is 32.7 Å². The lowest BCUT2D eigenvalue weighted by atomic mass is 10.2. The van der Waals surface area contributed by atoms with Crippen molar-refractivity contribution in [2.45, 2.75) is 6.54 Å². The van der Waals surface area contributed by atoms with E-state index < -0.39 is 10.0 Å². The third-order valence-corrected chi connectivity index (χ3v) is 4.82. The fraction of sp³-hybridized carbons (Fsp3) is 0.250. The molecule has 23 heavy (non-hydrogen) atoms. The molecule has 0 aliphatic rings. The van der Waals surface area contributed by atoms with Crippen LogP contribution in [0, 0.1) is 0 Å². The van der Waals surface area contributed by atoms with E-state index in [1.54, 1.807) is 36.4 Å². The van der Waals surface area contributed by atoms with Crippen LogP contribution < -0.4 is 13.8 Å². The number of nitrogens with zero attached hydrogens (tertiary/aromatic N) is 1. The van der Waals surface area contributed by atoms with Gasteiger partial charge in [-0.2, -0.15) is 0 Å². The molecule has 0 atom stereocenters. The van der Waals surface area contributed by atoms with Gasteiger partial charge in [-0.05, 0) is 23.8 Å². The van der Waals surface area contributed by atoms with Crippen LogP contribution in [0.2, 0.25) is 5.02 Å². The summed E-state index contributed by atoms with van der Waals surface area (Å²) in [6.07, 6.45) is 1.15. The zero-order valence-corrected chi connectivity index (χ0v) is 14.7. The Hall–Kier alpha value is -1.92. The number of hydrogen-bond donors (Lipinski definition) is 0. The second-order valence-corrected chi connectivity index (χ2v) is 7.21. The van der Waals surface area contributed by atoms with Crippen molar-refractivity contribution in [3.05, 3.63) is 53.1 Å². The normalized spacial score (nSPS) is 11.1. The number of ether oxygens (including phenoxy) is 2. The third-order valence-electron chi connectivity index (χ3n) is 3.33. The summed E-state index contributed by atoms with van der Waals surface area (Å²) in [6.45, 7) is 0.112. The average molecular weight is 356 g/mol. The molecule has 0 saturated carbocycles. The molecule has 5 nitrogen and oxygen atoms in total. The first-order valence-corrected chi connectivity index (χ1v) is 9.02. The lowest BCUT2D eigenvalue weighted by molar-refractivity contribution is 0.395. The maximum atomic E-state index is 12.3. The highest BCUT2D eigenvalue weighted by Gasteiger charge is 2.22. The van der Waals surface area contributed by atoms with Gasteiger partial charge < -0.3 is 9.47 Å². The minimum absolute atomic E-state index is 0.112. The number of rotatable bonds is 6. The lowest BCUT2D eigenvalue weighted by Crippen LogP contribution is -2.29. The number of benzene rings is 2. The van der Waals surface area contributed by atoms with Gasteiger partial charge in [0.15, 0.2) is 0 Å². The molecular formula is C16H18ClNO4S. The summed E-state index contributed by atoms with van der Waals surface area (Å²) in [4.78, 5) is 0. The summed E-state index contributed by atoms with van der Waals surface area (Å²) < 4.78 is 36.2. The summed E-state index contributed by atoms with van der Waals surface area (Å²) in [5, 5.41) is 0.508. The van der Waals surface area contributed by atoms with Crippen molar-refractivity contribution in [1.29, 1.82) is 0 Å². The number of hydrogen-bond acceptors (Lipinski definition) is 4. The molecule has 0 radical (unpaired) electrons. The monoisotopic (exact) mass is 355 g/mol. The second-order valence-electron chi connectivity index (χ2n) is 4.90. The quantitative estimate of drug-likeness (QED) is 0.797. The van der Waals surface area contributed by atoms with Crippen LogP contribution in [0.4, 0.5) is 5.69 Å². The molecule has 0 bridgehead atoms. The highest BCUT2D eigenvalue weighted by molar-refractivity contribution is 7.92. The Morgan fingerprint density at radius 1 is 1.09 bits per heavy atom. The van der Waals surface area contributed by atoms with Crippen molar-refractivity contribution in [2.24, 2.45) is 0 Å². The molecule has 0 spiro atoms. The van der Waals surface area contributed by atoms with E-state index in [9.17, 15) is 8.42 Å². The summed E-state index contributed by atoms with van der Waals surface area (Å²) >= 11 is 6.15. The standard InChI is InChI=1S/C16H18ClNO4S/c1-21-13-8-9-15(16(10-13)22-2)18(23(3,19)20)11-12-6-4-5-7-14(12)17/h4-10H,11H2,1-3H3. The Morgan fingerprint density at radius 2 is 1.78 bits per heavy atom. The number of halogens is 1. The van der Waals surface area contributed by atoms with E-state index in [1.807, 2.05) is 6.07 Å². The molecule has 124 valence electrons. The van der Waals surface area contributed by atoms with Gasteiger partial charge in [0.1, 0.15) is 11.5 Å². The summed E-state index contributed by atoms with van der Waals surface area (Å²) in [6, 6.07) is 12.1. The summed E-state index contributed by atoms with van der Waals surface area (Å²) in [7, 11) is -0.517. The number of anilines is 1. The Bertz CT molecular complexity index is 792. The van der Waals surface area contributed by atoms with Crippen molar-refractivity contribution >= 4 is 27.3 Å². The van der Waals surface area contributed by atoms with Crippen LogP contribution in [-0.4, -0.2) is 28.9 Å². The van der Waals surface area contributed by atoms with E-state index in [1.165, 1.54) is 18.5 Å². The van der Waals surface area contributed by atoms with Crippen molar-refractivity contribution < 1.29 is 17.9 Å². The van der Waals surface area contributed by atoms with Crippen molar-refractivity contribution in [3.63, 3.8) is 0 Å². The molecule has 0 fully saturated rings. The van der Waals surface area contributed by atoms with Gasteiger partial charge in [-0.25, -0.2) is 8.42 Å². The number of methoxy groups -OCH3 is 2. The fourth-order valence-electron chi connectivity index (χ4n) is 2.15. The molecule has 2 aromatic rings. The maximum Gasteiger partial charge on any atom is 0.232 e. The Morgan fingerprint density at radius 3 is 2.35 bits per heavy atom. The first kappa shape index (κ1) is 17.4. The molecule has 0 N–H and O–H groups in total. The van der Waals surface area contributed by atoms with Crippen LogP contribution in [0.25, 0.3) is 0 Å². The highest BCUT2D eigenvalue weighted by atomic mass is 35.5. The Balaban J connectivity index is 2.51. The fourth-order valence-corrected chi connectivity index (χ4v) is 3.23. The predicted octanol–water partition coefficient (Wildman–Crippen LogP) is 3.32. The first-order chi connectivity index (χ1) is 10.9. The third kappa shape index (κ3) is 4.09. The Labute approximate surface area is 141 Å². The topological polar surface area (TPSA) is 55.8 Å². The number of sulfonamides is 1. The van der Waals surface area contributed by atoms with E-state index >= 15 is 0 Å². The van der Waals surface area contributed by atoms with Crippen LogP contribution in [0.1, 0.15) is 5.56 Å². The predicted molar refractivity (Wildman–Crippen MR) is 92.0 cm³/mol. The van der Waals surface area contributed by atoms with E-state index in [0.29, 0.717) is 27.8 Å². The largest absolute Gasteiger partial charge is 0.497 e. The highest BCUT2D eigenvalue weighted by Crippen LogP contribution is 2.35. The Kier molecular flexibility index (Phi) is 5.38. The van der Waals surface area contributed by atoms with Crippen LogP contribution >= 0.6 is 11.6 Å². The molecule has 7 heteroatoms. The van der Waals surface area contributed by atoms with Gasteiger partial charge >= 0.3 is 0 Å². The molecule has 0 aromatic heterocycles. The smallest absolute Gasteiger partial charge is 0.232 e. The van der Waals surface area contributed by atoms with E-state index in [2.05, 4.69) is 0 Å². The van der Waals surface area contributed by atoms with Crippen LogP contribution in [0.3, 0.4) is 0 Å². The first-order valence-electron chi connectivity index (χ1n) is 6.80. The lowest BCUT2D eigenvalue weighted by Gasteiger charge is -2.25. The van der Waals surface area contributed by atoms with E-state index in [0.717, 1.165) is 6.26 Å².